The van der Waals surface area contributed by atoms with Gasteiger partial charge in [0.1, 0.15) is 11.8 Å². The summed E-state index contributed by atoms with van der Waals surface area (Å²) in [4.78, 5) is 101. The Labute approximate surface area is 475 Å². The highest BCUT2D eigenvalue weighted by atomic mass is 16.2. The van der Waals surface area contributed by atoms with Crippen LogP contribution in [0.4, 0.5) is 0 Å². The molecule has 0 aromatic heterocycles. The molecule has 0 aliphatic carbocycles. The Bertz CT molecular complexity index is 1900. The third-order valence-electron chi connectivity index (χ3n) is 12.3. The molecular weight excluding hydrogens is 985 g/mol. The number of rotatable bonds is 32. The Morgan fingerprint density at radius 3 is 1.08 bits per heavy atom. The lowest BCUT2D eigenvalue weighted by atomic mass is 9.85. The van der Waals surface area contributed by atoms with Crippen molar-refractivity contribution in [3.05, 3.63) is 0 Å². The molecule has 17 nitrogen and oxygen atoms in total. The fourth-order valence-electron chi connectivity index (χ4n) is 8.51. The number of carbonyl (C=O) groups excluding carboxylic acids is 7. The highest BCUT2D eigenvalue weighted by Crippen LogP contribution is 2.25. The predicted molar refractivity (Wildman–Crippen MR) is 321 cm³/mol. The maximum atomic E-state index is 14.9. The van der Waals surface area contributed by atoms with E-state index >= 15 is 0 Å². The zero-order chi connectivity index (χ0) is 61.2. The van der Waals surface area contributed by atoms with Gasteiger partial charge in [-0.3, -0.25) is 33.6 Å². The summed E-state index contributed by atoms with van der Waals surface area (Å²) in [6, 6.07) is -6.28. The molecule has 17 heteroatoms. The van der Waals surface area contributed by atoms with E-state index in [1.54, 1.807) is 0 Å². The Kier molecular flexibility index (Phi) is 29.8. The molecule has 0 saturated heterocycles. The Balaban J connectivity index is 7.48. The fraction of sp³-hybridized carbons (Fsp3) is 0.885. The average Bonchev–Trinajstić information content (AvgIpc) is 3.21. The zero-order valence-corrected chi connectivity index (χ0v) is 54.5. The summed E-state index contributed by atoms with van der Waals surface area (Å²) in [5.74, 6) is -2.73. The molecular formula is C61H120N10O7. The van der Waals surface area contributed by atoms with Crippen LogP contribution >= 0.6 is 0 Å². The average molecular weight is 1110 g/mol. The van der Waals surface area contributed by atoms with Gasteiger partial charge in [0.05, 0.1) is 36.3 Å². The maximum absolute atomic E-state index is 14.9. The summed E-state index contributed by atoms with van der Waals surface area (Å²) in [5, 5.41) is 32.2. The summed E-state index contributed by atoms with van der Waals surface area (Å²) in [5.41, 5.74) is -2.50. The van der Waals surface area contributed by atoms with E-state index in [1.165, 1.54) is 0 Å². The molecule has 0 aliphatic rings. The third kappa shape index (κ3) is 37.6. The van der Waals surface area contributed by atoms with Crippen LogP contribution < -0.4 is 53.2 Å². The molecule has 0 aliphatic heterocycles. The number of hydrogen-bond acceptors (Lipinski definition) is 13. The minimum Gasteiger partial charge on any atom is -0.352 e. The van der Waals surface area contributed by atoms with Crippen LogP contribution in [0.15, 0.2) is 0 Å². The quantitative estimate of drug-likeness (QED) is 0.0318. The van der Waals surface area contributed by atoms with E-state index < -0.39 is 88.2 Å². The second-order valence-electron chi connectivity index (χ2n) is 31.3. The third-order valence-corrected chi connectivity index (χ3v) is 12.3. The largest absolute Gasteiger partial charge is 0.352 e. The molecule has 7 atom stereocenters. The number of carbonyl (C=O) groups is 7. The van der Waals surface area contributed by atoms with E-state index in [-0.39, 0.29) is 96.8 Å². The van der Waals surface area contributed by atoms with Crippen LogP contribution in [0.3, 0.4) is 0 Å². The van der Waals surface area contributed by atoms with Crippen LogP contribution in [-0.2, 0) is 33.6 Å². The summed E-state index contributed by atoms with van der Waals surface area (Å²) in [6.45, 7) is 52.3. The Morgan fingerprint density at radius 1 is 0.333 bits per heavy atom. The summed E-state index contributed by atoms with van der Waals surface area (Å²) in [6.07, 6.45) is 2.29. The van der Waals surface area contributed by atoms with Gasteiger partial charge in [-0.25, -0.2) is 0 Å². The van der Waals surface area contributed by atoms with Gasteiger partial charge in [0.15, 0.2) is 11.6 Å². The van der Waals surface area contributed by atoms with E-state index in [0.29, 0.717) is 19.3 Å². The topological polar surface area (TPSA) is 240 Å². The molecule has 0 bridgehead atoms. The fourth-order valence-corrected chi connectivity index (χ4v) is 8.51. The molecule has 456 valence electrons. The van der Waals surface area contributed by atoms with Crippen molar-refractivity contribution in [2.24, 2.45) is 16.2 Å². The lowest BCUT2D eigenvalue weighted by molar-refractivity contribution is -0.134. The van der Waals surface area contributed by atoms with Crippen LogP contribution in [0.25, 0.3) is 0 Å². The van der Waals surface area contributed by atoms with Gasteiger partial charge in [0.2, 0.25) is 23.6 Å². The van der Waals surface area contributed by atoms with Gasteiger partial charge in [-0.2, -0.15) is 0 Å². The highest BCUT2D eigenvalue weighted by Gasteiger charge is 2.36. The monoisotopic (exact) mass is 1100 g/mol. The van der Waals surface area contributed by atoms with E-state index in [0.717, 1.165) is 6.42 Å². The SMILES string of the molecule is CC(C)NC(CNC(C)(C)C)C(=O)NC(CCC(=O)C(CCC(C)(C)C)NC(C)(C)C)C(=O)CCC(NC(=O)C(CNC(=O)C(CNC(C)(C)C)NC(C)(C)C)NC(=O)C(CCC(C)(C)C)NC(C)(C)C)C(=O)CC(C)(C)C. The van der Waals surface area contributed by atoms with Gasteiger partial charge in [-0.05, 0) is 159 Å². The first-order valence-corrected chi connectivity index (χ1v) is 29.2. The number of hydrogen-bond donors (Lipinski definition) is 10. The molecule has 0 aromatic carbocycles. The molecule has 0 heterocycles. The first kappa shape index (κ1) is 74.7. The van der Waals surface area contributed by atoms with Crippen LogP contribution in [0.1, 0.15) is 238 Å². The van der Waals surface area contributed by atoms with Crippen molar-refractivity contribution in [3.8, 4) is 0 Å². The summed E-state index contributed by atoms with van der Waals surface area (Å²) >= 11 is 0. The molecule has 0 radical (unpaired) electrons. The van der Waals surface area contributed by atoms with Gasteiger partial charge in [0.25, 0.3) is 0 Å². The molecule has 0 spiro atoms. The van der Waals surface area contributed by atoms with Crippen molar-refractivity contribution >= 4 is 41.0 Å². The van der Waals surface area contributed by atoms with E-state index in [1.807, 2.05) is 138 Å². The standard InChI is InChI=1S/C61H120N10O7/c1-39(2)65-45(37-63-57(12,13)14)53(78)66-40(27-30-48(73)42(69-59(18,19)20)31-33-54(3,4)5)47(72)29-28-41(49(74)35-56(9,10)11)67-52(77)44(68-51(76)43(70-60(21,22)23)32-34-55(6,7)8)36-62-50(75)46(71-61(24,25)26)38-64-58(15,16)17/h39-46,63-65,69-71H,27-38H2,1-26H3,(H,62,75)(H,66,78)(H,67,77)(H,68,76). The predicted octanol–water partition coefficient (Wildman–Crippen LogP) is 7.33. The Hall–Kier alpha value is -3.35. The van der Waals surface area contributed by atoms with Crippen LogP contribution in [0.5, 0.6) is 0 Å². The number of amides is 4. The van der Waals surface area contributed by atoms with Crippen LogP contribution in [-0.4, -0.2) is 137 Å². The van der Waals surface area contributed by atoms with Gasteiger partial charge in [0, 0.05) is 72.6 Å². The molecule has 0 rings (SSSR count). The van der Waals surface area contributed by atoms with Gasteiger partial charge >= 0.3 is 0 Å². The first-order valence-electron chi connectivity index (χ1n) is 29.2. The van der Waals surface area contributed by atoms with Crippen molar-refractivity contribution < 1.29 is 33.6 Å². The van der Waals surface area contributed by atoms with Crippen molar-refractivity contribution in [3.63, 3.8) is 0 Å². The van der Waals surface area contributed by atoms with Gasteiger partial charge in [-0.1, -0.05) is 76.2 Å². The van der Waals surface area contributed by atoms with Gasteiger partial charge < -0.3 is 53.2 Å². The van der Waals surface area contributed by atoms with E-state index in [4.69, 9.17) is 0 Å². The molecule has 0 fully saturated rings. The zero-order valence-electron chi connectivity index (χ0n) is 54.5. The van der Waals surface area contributed by atoms with Crippen molar-refractivity contribution in [1.82, 2.24) is 53.2 Å². The van der Waals surface area contributed by atoms with E-state index in [9.17, 15) is 33.6 Å². The van der Waals surface area contributed by atoms with Gasteiger partial charge in [-0.15, -0.1) is 0 Å². The normalized spacial score (nSPS) is 16.1. The van der Waals surface area contributed by atoms with Crippen molar-refractivity contribution in [1.29, 1.82) is 0 Å². The molecule has 4 amide bonds. The lowest BCUT2D eigenvalue weighted by Gasteiger charge is -2.32. The first-order chi connectivity index (χ1) is 34.8. The molecule has 10 N–H and O–H groups in total. The second kappa shape index (κ2) is 31.2. The number of nitrogens with one attached hydrogen (secondary N) is 10. The number of Topliss-reactive ketones (excluding diaryl/α,β-unsaturated/α-hetero) is 3. The summed E-state index contributed by atoms with van der Waals surface area (Å²) < 4.78 is 0. The van der Waals surface area contributed by atoms with E-state index in [2.05, 4.69) is 94.7 Å². The van der Waals surface area contributed by atoms with Crippen LogP contribution in [0.2, 0.25) is 0 Å². The minimum absolute atomic E-state index is 0.00647. The van der Waals surface area contributed by atoms with Crippen LogP contribution in [0, 0.1) is 16.2 Å². The van der Waals surface area contributed by atoms with Crippen molar-refractivity contribution in [2.75, 3.05) is 19.6 Å². The summed E-state index contributed by atoms with van der Waals surface area (Å²) in [7, 11) is 0. The maximum Gasteiger partial charge on any atom is 0.244 e. The second-order valence-corrected chi connectivity index (χ2v) is 31.3. The molecule has 0 aromatic rings. The molecule has 78 heavy (non-hydrogen) atoms. The number of ketones is 3. The highest BCUT2D eigenvalue weighted by molar-refractivity contribution is 5.96. The lowest BCUT2D eigenvalue weighted by Crippen LogP contribution is -2.62. The molecule has 0 saturated carbocycles. The minimum atomic E-state index is -1.33. The van der Waals surface area contributed by atoms with Crippen molar-refractivity contribution in [2.45, 2.75) is 314 Å². The smallest absolute Gasteiger partial charge is 0.244 e. The Morgan fingerprint density at radius 2 is 0.679 bits per heavy atom. The molecule has 7 unspecified atom stereocenters.